The van der Waals surface area contributed by atoms with Crippen molar-refractivity contribution in [2.24, 2.45) is 5.73 Å². The highest BCUT2D eigenvalue weighted by atomic mass is 15.0. The van der Waals surface area contributed by atoms with Crippen LogP contribution in [0.2, 0.25) is 0 Å². The molecule has 1 fully saturated rings. The van der Waals surface area contributed by atoms with Gasteiger partial charge in [-0.2, -0.15) is 0 Å². The van der Waals surface area contributed by atoms with Gasteiger partial charge in [-0.25, -0.2) is 15.0 Å². The number of aryl methyl sites for hydroxylation is 1. The molecule has 4 nitrogen and oxygen atoms in total. The van der Waals surface area contributed by atoms with Crippen molar-refractivity contribution in [3.8, 4) is 0 Å². The van der Waals surface area contributed by atoms with E-state index < -0.39 is 0 Å². The molecule has 1 aliphatic rings. The van der Waals surface area contributed by atoms with Gasteiger partial charge in [0.25, 0.3) is 0 Å². The van der Waals surface area contributed by atoms with E-state index in [1.807, 2.05) is 6.92 Å². The van der Waals surface area contributed by atoms with E-state index in [-0.39, 0.29) is 0 Å². The smallest absolute Gasteiger partial charge is 0.135 e. The summed E-state index contributed by atoms with van der Waals surface area (Å²) in [5, 5.41) is 0. The Morgan fingerprint density at radius 2 is 1.71 bits per heavy atom. The Hall–Kier alpha value is -1.03. The van der Waals surface area contributed by atoms with Crippen molar-refractivity contribution < 1.29 is 0 Å². The number of nitrogens with two attached hydrogens (primary N) is 1. The topological polar surface area (TPSA) is 64.7 Å². The van der Waals surface area contributed by atoms with Gasteiger partial charge < -0.3 is 5.73 Å². The second kappa shape index (κ2) is 5.08. The lowest BCUT2D eigenvalue weighted by Gasteiger charge is -2.25. The number of hydrogen-bond donors (Lipinski definition) is 1. The first-order valence-electron chi connectivity index (χ1n) is 6.54. The lowest BCUT2D eigenvalue weighted by Crippen LogP contribution is -2.26. The Bertz CT molecular complexity index is 381. The second-order valence-electron chi connectivity index (χ2n) is 5.37. The van der Waals surface area contributed by atoms with Crippen LogP contribution < -0.4 is 5.73 Å². The Morgan fingerprint density at radius 3 is 2.29 bits per heavy atom. The fourth-order valence-electron chi connectivity index (χ4n) is 2.34. The van der Waals surface area contributed by atoms with Crippen LogP contribution in [-0.4, -0.2) is 21.0 Å². The Balaban J connectivity index is 2.20. The quantitative estimate of drug-likeness (QED) is 0.852. The summed E-state index contributed by atoms with van der Waals surface area (Å²) in [6, 6.07) is 0.374. The Morgan fingerprint density at radius 1 is 1.06 bits per heavy atom. The molecule has 0 saturated heterocycles. The lowest BCUT2D eigenvalue weighted by molar-refractivity contribution is 0.382. The molecule has 0 radical (unpaired) electrons. The molecule has 0 aromatic carbocycles. The monoisotopic (exact) mass is 234 g/mol. The summed E-state index contributed by atoms with van der Waals surface area (Å²) in [4.78, 5) is 13.5. The van der Waals surface area contributed by atoms with Gasteiger partial charge in [-0.3, -0.25) is 0 Å². The highest BCUT2D eigenvalue weighted by molar-refractivity contribution is 5.05. The molecule has 0 amide bonds. The fourth-order valence-corrected chi connectivity index (χ4v) is 2.34. The van der Waals surface area contributed by atoms with Gasteiger partial charge >= 0.3 is 0 Å². The van der Waals surface area contributed by atoms with Crippen molar-refractivity contribution >= 4 is 0 Å². The molecule has 0 unspecified atom stereocenters. The molecule has 1 saturated carbocycles. The normalized spacial score (nSPS) is 25.2. The fraction of sp³-hybridized carbons (Fsp3) is 0.769. The summed E-state index contributed by atoms with van der Waals surface area (Å²) in [6.07, 6.45) is 4.41. The summed E-state index contributed by atoms with van der Waals surface area (Å²) >= 11 is 0. The second-order valence-corrected chi connectivity index (χ2v) is 5.37. The van der Waals surface area contributed by atoms with Crippen molar-refractivity contribution in [2.75, 3.05) is 0 Å². The van der Waals surface area contributed by atoms with Crippen LogP contribution >= 0.6 is 0 Å². The van der Waals surface area contributed by atoms with Crippen molar-refractivity contribution in [3.05, 3.63) is 17.5 Å². The molecule has 0 atom stereocenters. The summed E-state index contributed by atoms with van der Waals surface area (Å²) in [7, 11) is 0. The molecule has 0 bridgehead atoms. The van der Waals surface area contributed by atoms with Gasteiger partial charge in [0.1, 0.15) is 17.5 Å². The molecule has 1 aromatic heterocycles. The highest BCUT2D eigenvalue weighted by Crippen LogP contribution is 2.30. The van der Waals surface area contributed by atoms with E-state index in [1.54, 1.807) is 0 Å². The van der Waals surface area contributed by atoms with E-state index in [4.69, 9.17) is 5.73 Å². The van der Waals surface area contributed by atoms with Crippen molar-refractivity contribution in [3.63, 3.8) is 0 Å². The zero-order valence-electron chi connectivity index (χ0n) is 11.0. The SMILES string of the molecule is Cc1nc(C(C)C)nc(C2CCC(N)CC2)n1. The average Bonchev–Trinajstić information content (AvgIpc) is 2.29. The van der Waals surface area contributed by atoms with Crippen LogP contribution in [-0.2, 0) is 0 Å². The van der Waals surface area contributed by atoms with E-state index in [1.165, 1.54) is 0 Å². The minimum Gasteiger partial charge on any atom is -0.328 e. The lowest BCUT2D eigenvalue weighted by atomic mass is 9.86. The molecule has 4 heteroatoms. The first-order chi connectivity index (χ1) is 8.06. The van der Waals surface area contributed by atoms with Crippen LogP contribution in [0.4, 0.5) is 0 Å². The van der Waals surface area contributed by atoms with Crippen LogP contribution in [0.15, 0.2) is 0 Å². The van der Waals surface area contributed by atoms with E-state index >= 15 is 0 Å². The van der Waals surface area contributed by atoms with Crippen LogP contribution in [0.25, 0.3) is 0 Å². The Kier molecular flexibility index (Phi) is 3.72. The molecular weight excluding hydrogens is 212 g/mol. The van der Waals surface area contributed by atoms with Gasteiger partial charge in [0.2, 0.25) is 0 Å². The summed E-state index contributed by atoms with van der Waals surface area (Å²) in [6.45, 7) is 6.19. The molecule has 94 valence electrons. The van der Waals surface area contributed by atoms with Crippen LogP contribution in [0, 0.1) is 6.92 Å². The maximum Gasteiger partial charge on any atom is 0.135 e. The van der Waals surface area contributed by atoms with Gasteiger partial charge in [-0.15, -0.1) is 0 Å². The first kappa shape index (κ1) is 12.4. The zero-order valence-corrected chi connectivity index (χ0v) is 11.0. The summed E-state index contributed by atoms with van der Waals surface area (Å²) in [5.41, 5.74) is 5.93. The molecular formula is C13H22N4. The standard InChI is InChI=1S/C13H22N4/c1-8(2)12-15-9(3)16-13(17-12)10-4-6-11(14)7-5-10/h8,10-11H,4-7,14H2,1-3H3. The third-order valence-electron chi connectivity index (χ3n) is 3.44. The molecule has 1 aliphatic carbocycles. The predicted molar refractivity (Wildman–Crippen MR) is 67.8 cm³/mol. The number of hydrogen-bond acceptors (Lipinski definition) is 4. The van der Waals surface area contributed by atoms with Gasteiger partial charge in [-0.1, -0.05) is 13.8 Å². The first-order valence-corrected chi connectivity index (χ1v) is 6.54. The molecule has 0 spiro atoms. The number of rotatable bonds is 2. The maximum absolute atomic E-state index is 5.93. The molecule has 1 aromatic rings. The predicted octanol–water partition coefficient (Wildman–Crippen LogP) is 2.29. The van der Waals surface area contributed by atoms with Gasteiger partial charge in [-0.05, 0) is 32.6 Å². The van der Waals surface area contributed by atoms with E-state index in [2.05, 4.69) is 28.8 Å². The molecule has 1 heterocycles. The molecule has 2 N–H and O–H groups in total. The van der Waals surface area contributed by atoms with Crippen molar-refractivity contribution in [2.45, 2.75) is 64.3 Å². The molecule has 0 aliphatic heterocycles. The van der Waals surface area contributed by atoms with Gasteiger partial charge in [0.15, 0.2) is 0 Å². The van der Waals surface area contributed by atoms with Gasteiger partial charge in [0, 0.05) is 17.9 Å². The van der Waals surface area contributed by atoms with Gasteiger partial charge in [0.05, 0.1) is 0 Å². The Labute approximate surface area is 103 Å². The zero-order chi connectivity index (χ0) is 12.4. The third kappa shape index (κ3) is 3.00. The largest absolute Gasteiger partial charge is 0.328 e. The highest BCUT2D eigenvalue weighted by Gasteiger charge is 2.23. The maximum atomic E-state index is 5.93. The summed E-state index contributed by atoms with van der Waals surface area (Å²) in [5.74, 6) is 3.58. The molecule has 17 heavy (non-hydrogen) atoms. The molecule has 2 rings (SSSR count). The van der Waals surface area contributed by atoms with Crippen molar-refractivity contribution in [1.29, 1.82) is 0 Å². The number of aromatic nitrogens is 3. The van der Waals surface area contributed by atoms with E-state index in [9.17, 15) is 0 Å². The van der Waals surface area contributed by atoms with Crippen LogP contribution in [0.1, 0.15) is 68.8 Å². The average molecular weight is 234 g/mol. The van der Waals surface area contributed by atoms with Crippen molar-refractivity contribution in [1.82, 2.24) is 15.0 Å². The minimum absolute atomic E-state index is 0.362. The van der Waals surface area contributed by atoms with E-state index in [0.29, 0.717) is 17.9 Å². The number of nitrogens with zero attached hydrogens (tertiary/aromatic N) is 3. The summed E-state index contributed by atoms with van der Waals surface area (Å²) < 4.78 is 0. The minimum atomic E-state index is 0.362. The van der Waals surface area contributed by atoms with E-state index in [0.717, 1.165) is 43.2 Å². The third-order valence-corrected chi connectivity index (χ3v) is 3.44. The van der Waals surface area contributed by atoms with Crippen LogP contribution in [0.3, 0.4) is 0 Å². The van der Waals surface area contributed by atoms with Crippen LogP contribution in [0.5, 0.6) is 0 Å².